The molecule has 1 atom stereocenters. The number of likely N-dealkylation sites (tertiary alicyclic amines) is 2. The summed E-state index contributed by atoms with van der Waals surface area (Å²) in [7, 11) is 0. The van der Waals surface area contributed by atoms with Crippen molar-refractivity contribution in [1.29, 1.82) is 0 Å². The molecule has 0 radical (unpaired) electrons. The summed E-state index contributed by atoms with van der Waals surface area (Å²) in [5.74, 6) is 1.75. The van der Waals surface area contributed by atoms with Gasteiger partial charge in [0.15, 0.2) is 0 Å². The molecule has 2 aliphatic heterocycles. The lowest BCUT2D eigenvalue weighted by Gasteiger charge is -2.35. The van der Waals surface area contributed by atoms with Crippen LogP contribution < -0.4 is 5.32 Å². The number of urea groups is 1. The second kappa shape index (κ2) is 9.62. The van der Waals surface area contributed by atoms with Gasteiger partial charge in [0.2, 0.25) is 0 Å². The molecule has 0 aliphatic carbocycles. The average Bonchev–Trinajstić information content (AvgIpc) is 2.58. The zero-order chi connectivity index (χ0) is 17.5. The maximum atomic E-state index is 12.3. The molecule has 1 unspecified atom stereocenters. The van der Waals surface area contributed by atoms with Gasteiger partial charge in [-0.05, 0) is 76.4 Å². The molecule has 2 saturated heterocycles. The summed E-state index contributed by atoms with van der Waals surface area (Å²) < 4.78 is 0. The molecule has 5 heteroatoms. The number of hydrogen-bond acceptors (Lipinski definition) is 3. The molecule has 24 heavy (non-hydrogen) atoms. The smallest absolute Gasteiger partial charge is 0.317 e. The van der Waals surface area contributed by atoms with E-state index in [0.717, 1.165) is 38.4 Å². The molecule has 0 saturated carbocycles. The maximum Gasteiger partial charge on any atom is 0.317 e. The second-order valence-corrected chi connectivity index (χ2v) is 8.22. The Morgan fingerprint density at radius 2 is 1.71 bits per heavy atom. The average molecular weight is 340 g/mol. The number of nitrogens with zero attached hydrogens (tertiary/aromatic N) is 2. The Labute approximate surface area is 147 Å². The van der Waals surface area contributed by atoms with Gasteiger partial charge in [-0.3, -0.25) is 0 Å². The SMILES string of the molecule is CC(C)CCN1CCC(CNC(=O)N2CCC(C(C)O)CC2)CC1. The monoisotopic (exact) mass is 339 g/mol. The highest BCUT2D eigenvalue weighted by Gasteiger charge is 2.26. The van der Waals surface area contributed by atoms with Gasteiger partial charge in [0.1, 0.15) is 0 Å². The van der Waals surface area contributed by atoms with E-state index in [2.05, 4.69) is 24.1 Å². The first-order chi connectivity index (χ1) is 11.5. The zero-order valence-corrected chi connectivity index (χ0v) is 15.8. The van der Waals surface area contributed by atoms with Crippen LogP contribution in [-0.4, -0.2) is 66.3 Å². The van der Waals surface area contributed by atoms with Crippen molar-refractivity contribution in [3.8, 4) is 0 Å². The fourth-order valence-corrected chi connectivity index (χ4v) is 3.78. The van der Waals surface area contributed by atoms with Gasteiger partial charge < -0.3 is 20.2 Å². The number of nitrogens with one attached hydrogen (secondary N) is 1. The lowest BCUT2D eigenvalue weighted by molar-refractivity contribution is 0.0793. The van der Waals surface area contributed by atoms with Crippen molar-refractivity contribution in [1.82, 2.24) is 15.1 Å². The fraction of sp³-hybridized carbons (Fsp3) is 0.947. The molecule has 0 aromatic carbocycles. The molecule has 140 valence electrons. The Bertz CT molecular complexity index is 371. The predicted octanol–water partition coefficient (Wildman–Crippen LogP) is 2.55. The van der Waals surface area contributed by atoms with Crippen molar-refractivity contribution < 1.29 is 9.90 Å². The Hall–Kier alpha value is -0.810. The number of rotatable bonds is 6. The highest BCUT2D eigenvalue weighted by atomic mass is 16.3. The van der Waals surface area contributed by atoms with Crippen LogP contribution in [-0.2, 0) is 0 Å². The van der Waals surface area contributed by atoms with Crippen LogP contribution in [0.1, 0.15) is 52.9 Å². The molecule has 2 rings (SSSR count). The van der Waals surface area contributed by atoms with Crippen LogP contribution in [0.5, 0.6) is 0 Å². The van der Waals surface area contributed by atoms with Gasteiger partial charge >= 0.3 is 6.03 Å². The van der Waals surface area contributed by atoms with Gasteiger partial charge in [-0.1, -0.05) is 13.8 Å². The normalized spacial score (nSPS) is 22.8. The maximum absolute atomic E-state index is 12.3. The molecule has 2 aliphatic rings. The number of amides is 2. The van der Waals surface area contributed by atoms with E-state index < -0.39 is 0 Å². The molecule has 0 aromatic rings. The second-order valence-electron chi connectivity index (χ2n) is 8.22. The van der Waals surface area contributed by atoms with Crippen LogP contribution in [0.3, 0.4) is 0 Å². The fourth-order valence-electron chi connectivity index (χ4n) is 3.78. The van der Waals surface area contributed by atoms with Gasteiger partial charge in [-0.15, -0.1) is 0 Å². The number of hydrogen-bond donors (Lipinski definition) is 2. The van der Waals surface area contributed by atoms with Crippen LogP contribution in [0.15, 0.2) is 0 Å². The molecule has 0 spiro atoms. The predicted molar refractivity (Wildman–Crippen MR) is 98.0 cm³/mol. The summed E-state index contributed by atoms with van der Waals surface area (Å²) in [6.07, 6.45) is 5.25. The third kappa shape index (κ3) is 6.25. The van der Waals surface area contributed by atoms with Gasteiger partial charge in [-0.2, -0.15) is 0 Å². The highest BCUT2D eigenvalue weighted by molar-refractivity contribution is 5.74. The molecular weight excluding hydrogens is 302 g/mol. The topological polar surface area (TPSA) is 55.8 Å². The first-order valence-electron chi connectivity index (χ1n) is 9.89. The summed E-state index contributed by atoms with van der Waals surface area (Å²) in [5, 5.41) is 12.8. The lowest BCUT2D eigenvalue weighted by atomic mass is 9.92. The van der Waals surface area contributed by atoms with Crippen LogP contribution in [0.4, 0.5) is 4.79 Å². The number of piperidine rings is 2. The minimum absolute atomic E-state index is 0.0845. The Morgan fingerprint density at radius 1 is 1.08 bits per heavy atom. The van der Waals surface area contributed by atoms with Crippen molar-refractivity contribution in [2.75, 3.05) is 39.3 Å². The van der Waals surface area contributed by atoms with Crippen molar-refractivity contribution in [2.24, 2.45) is 17.8 Å². The van der Waals surface area contributed by atoms with E-state index in [1.807, 2.05) is 11.8 Å². The Balaban J connectivity index is 1.60. The standard InChI is InChI=1S/C19H37N3O2/c1-15(2)4-9-21-10-5-17(6-11-21)14-20-19(24)22-12-7-18(8-13-22)16(3)23/h15-18,23H,4-14H2,1-3H3,(H,20,24). The van der Waals surface area contributed by atoms with E-state index in [1.165, 1.54) is 38.9 Å². The van der Waals surface area contributed by atoms with E-state index >= 15 is 0 Å². The molecule has 2 N–H and O–H groups in total. The van der Waals surface area contributed by atoms with E-state index in [0.29, 0.717) is 11.8 Å². The quantitative estimate of drug-likeness (QED) is 0.782. The minimum Gasteiger partial charge on any atom is -0.393 e. The van der Waals surface area contributed by atoms with E-state index in [4.69, 9.17) is 0 Å². The number of carbonyl (C=O) groups is 1. The van der Waals surface area contributed by atoms with Gasteiger partial charge in [0.05, 0.1) is 6.10 Å². The van der Waals surface area contributed by atoms with E-state index in [9.17, 15) is 9.90 Å². The third-order valence-electron chi connectivity index (χ3n) is 5.78. The molecule has 0 aromatic heterocycles. The van der Waals surface area contributed by atoms with Gasteiger partial charge in [0.25, 0.3) is 0 Å². The van der Waals surface area contributed by atoms with Crippen molar-refractivity contribution >= 4 is 6.03 Å². The summed E-state index contributed by atoms with van der Waals surface area (Å²) >= 11 is 0. The van der Waals surface area contributed by atoms with Gasteiger partial charge in [-0.25, -0.2) is 4.79 Å². The lowest BCUT2D eigenvalue weighted by Crippen LogP contribution is -2.47. The summed E-state index contributed by atoms with van der Waals surface area (Å²) in [4.78, 5) is 16.8. The van der Waals surface area contributed by atoms with Crippen LogP contribution >= 0.6 is 0 Å². The minimum atomic E-state index is -0.254. The van der Waals surface area contributed by atoms with Crippen molar-refractivity contribution in [3.05, 3.63) is 0 Å². The molecule has 5 nitrogen and oxygen atoms in total. The van der Waals surface area contributed by atoms with Crippen LogP contribution in [0.2, 0.25) is 0 Å². The Morgan fingerprint density at radius 3 is 2.25 bits per heavy atom. The highest BCUT2D eigenvalue weighted by Crippen LogP contribution is 2.21. The molecule has 2 amide bonds. The van der Waals surface area contributed by atoms with Crippen LogP contribution in [0, 0.1) is 17.8 Å². The number of aliphatic hydroxyl groups excluding tert-OH is 1. The number of carbonyl (C=O) groups excluding carboxylic acids is 1. The van der Waals surface area contributed by atoms with Crippen molar-refractivity contribution in [3.63, 3.8) is 0 Å². The van der Waals surface area contributed by atoms with Crippen molar-refractivity contribution in [2.45, 2.75) is 59.0 Å². The van der Waals surface area contributed by atoms with Gasteiger partial charge in [0, 0.05) is 19.6 Å². The van der Waals surface area contributed by atoms with E-state index in [1.54, 1.807) is 0 Å². The third-order valence-corrected chi connectivity index (χ3v) is 5.78. The molecule has 0 bridgehead atoms. The van der Waals surface area contributed by atoms with E-state index in [-0.39, 0.29) is 12.1 Å². The first kappa shape index (κ1) is 19.5. The summed E-state index contributed by atoms with van der Waals surface area (Å²) in [6.45, 7) is 12.3. The summed E-state index contributed by atoms with van der Waals surface area (Å²) in [6, 6.07) is 0.0845. The summed E-state index contributed by atoms with van der Waals surface area (Å²) in [5.41, 5.74) is 0. The first-order valence-corrected chi connectivity index (χ1v) is 9.89. The molecule has 2 heterocycles. The molecule has 2 fully saturated rings. The largest absolute Gasteiger partial charge is 0.393 e. The molecular formula is C19H37N3O2. The zero-order valence-electron chi connectivity index (χ0n) is 15.8. The van der Waals surface area contributed by atoms with Crippen LogP contribution in [0.25, 0.3) is 0 Å². The number of aliphatic hydroxyl groups is 1. The Kier molecular flexibility index (Phi) is 7.82.